The number of rotatable bonds is 3. The lowest BCUT2D eigenvalue weighted by Gasteiger charge is -2.44. The minimum atomic E-state index is -0.324. The van der Waals surface area contributed by atoms with Crippen LogP contribution in [0.3, 0.4) is 0 Å². The van der Waals surface area contributed by atoms with Crippen molar-refractivity contribution in [1.29, 1.82) is 0 Å². The molecule has 1 saturated heterocycles. The van der Waals surface area contributed by atoms with Crippen LogP contribution in [0.1, 0.15) is 40.0 Å². The molecule has 0 aromatic heterocycles. The van der Waals surface area contributed by atoms with Gasteiger partial charge in [-0.15, -0.1) is 0 Å². The first-order valence-electron chi connectivity index (χ1n) is 6.88. The molecule has 1 heterocycles. The van der Waals surface area contributed by atoms with Gasteiger partial charge >= 0.3 is 0 Å². The molecule has 0 N–H and O–H groups in total. The molecule has 0 aromatic rings. The Labute approximate surface area is 105 Å². The third-order valence-corrected chi connectivity index (χ3v) is 4.21. The van der Waals surface area contributed by atoms with E-state index in [-0.39, 0.29) is 11.9 Å². The van der Waals surface area contributed by atoms with Gasteiger partial charge in [0.2, 0.25) is 0 Å². The van der Waals surface area contributed by atoms with Crippen LogP contribution in [-0.2, 0) is 14.2 Å². The van der Waals surface area contributed by atoms with Crippen molar-refractivity contribution in [3.63, 3.8) is 0 Å². The van der Waals surface area contributed by atoms with Crippen molar-refractivity contribution in [2.75, 3.05) is 20.3 Å². The molecule has 1 aliphatic carbocycles. The van der Waals surface area contributed by atoms with Crippen molar-refractivity contribution in [2.24, 2.45) is 17.8 Å². The Morgan fingerprint density at radius 3 is 2.76 bits per heavy atom. The maximum absolute atomic E-state index is 6.23. The monoisotopic (exact) mass is 242 g/mol. The van der Waals surface area contributed by atoms with Gasteiger partial charge in [-0.2, -0.15) is 0 Å². The maximum Gasteiger partial charge on any atom is 0.172 e. The minimum absolute atomic E-state index is 0.117. The molecule has 2 rings (SSSR count). The average molecular weight is 242 g/mol. The molecule has 4 atom stereocenters. The lowest BCUT2D eigenvalue weighted by Crippen LogP contribution is -2.47. The van der Waals surface area contributed by atoms with Crippen molar-refractivity contribution < 1.29 is 14.2 Å². The van der Waals surface area contributed by atoms with Crippen LogP contribution < -0.4 is 0 Å². The Kier molecular flexibility index (Phi) is 4.11. The van der Waals surface area contributed by atoms with Gasteiger partial charge in [-0.3, -0.25) is 0 Å². The molecule has 0 bridgehead atoms. The zero-order chi connectivity index (χ0) is 12.5. The topological polar surface area (TPSA) is 27.7 Å². The average Bonchev–Trinajstić information content (AvgIpc) is 2.61. The van der Waals surface area contributed by atoms with Gasteiger partial charge < -0.3 is 14.2 Å². The van der Waals surface area contributed by atoms with E-state index in [1.807, 2.05) is 0 Å². The summed E-state index contributed by atoms with van der Waals surface area (Å²) < 4.78 is 17.5. The Hall–Kier alpha value is -0.120. The van der Waals surface area contributed by atoms with E-state index in [1.54, 1.807) is 7.11 Å². The highest BCUT2D eigenvalue weighted by atomic mass is 16.8. The molecule has 3 nitrogen and oxygen atoms in total. The van der Waals surface area contributed by atoms with Gasteiger partial charge in [0, 0.05) is 19.4 Å². The molecule has 0 amide bonds. The van der Waals surface area contributed by atoms with E-state index in [1.165, 1.54) is 12.8 Å². The molecule has 0 aromatic carbocycles. The molecule has 3 unspecified atom stereocenters. The third-order valence-electron chi connectivity index (χ3n) is 4.21. The smallest absolute Gasteiger partial charge is 0.172 e. The third kappa shape index (κ3) is 2.67. The van der Waals surface area contributed by atoms with Crippen molar-refractivity contribution in [3.8, 4) is 0 Å². The van der Waals surface area contributed by atoms with Gasteiger partial charge in [-0.25, -0.2) is 0 Å². The summed E-state index contributed by atoms with van der Waals surface area (Å²) in [5, 5.41) is 0. The fourth-order valence-corrected chi connectivity index (χ4v) is 3.42. The second-order valence-corrected chi connectivity index (χ2v) is 6.06. The van der Waals surface area contributed by atoms with E-state index in [4.69, 9.17) is 14.2 Å². The Balaban J connectivity index is 2.08. The summed E-state index contributed by atoms with van der Waals surface area (Å²) in [6.07, 6.45) is 3.67. The normalized spacial score (nSPS) is 42.5. The summed E-state index contributed by atoms with van der Waals surface area (Å²) >= 11 is 0. The molecule has 17 heavy (non-hydrogen) atoms. The molecule has 1 saturated carbocycles. The highest BCUT2D eigenvalue weighted by Crippen LogP contribution is 2.47. The standard InChI is InChI=1S/C14H26O3/c1-10(2)13-6-5-11(3)7-14(13)16-9-12(17-14)8-15-4/h10-13H,5-9H2,1-4H3/t11?,12?,13?,14-/m0/s1. The maximum atomic E-state index is 6.23. The highest BCUT2D eigenvalue weighted by molar-refractivity contribution is 4.92. The predicted octanol–water partition coefficient (Wildman–Crippen LogP) is 2.84. The fourth-order valence-electron chi connectivity index (χ4n) is 3.42. The van der Waals surface area contributed by atoms with Crippen LogP contribution in [-0.4, -0.2) is 32.2 Å². The SMILES string of the molecule is COCC1CO[C@@]2(CC(C)CCC2C(C)C)O1. The lowest BCUT2D eigenvalue weighted by atomic mass is 9.73. The van der Waals surface area contributed by atoms with Crippen LogP contribution in [0, 0.1) is 17.8 Å². The summed E-state index contributed by atoms with van der Waals surface area (Å²) in [6, 6.07) is 0. The van der Waals surface area contributed by atoms with Crippen molar-refractivity contribution >= 4 is 0 Å². The van der Waals surface area contributed by atoms with Crippen molar-refractivity contribution in [3.05, 3.63) is 0 Å². The van der Waals surface area contributed by atoms with Gasteiger partial charge in [0.25, 0.3) is 0 Å². The van der Waals surface area contributed by atoms with Crippen LogP contribution in [0.4, 0.5) is 0 Å². The molecule has 0 radical (unpaired) electrons. The van der Waals surface area contributed by atoms with E-state index in [0.29, 0.717) is 31.0 Å². The predicted molar refractivity (Wildman–Crippen MR) is 66.8 cm³/mol. The first-order valence-corrected chi connectivity index (χ1v) is 6.88. The van der Waals surface area contributed by atoms with Gasteiger partial charge in [0.05, 0.1) is 13.2 Å². The summed E-state index contributed by atoms with van der Waals surface area (Å²) in [5.41, 5.74) is 0. The Bertz CT molecular complexity index is 254. The van der Waals surface area contributed by atoms with Gasteiger partial charge in [-0.05, 0) is 18.3 Å². The van der Waals surface area contributed by atoms with Crippen LogP contribution in [0.15, 0.2) is 0 Å². The first-order chi connectivity index (χ1) is 8.07. The highest BCUT2D eigenvalue weighted by Gasteiger charge is 2.51. The molecular weight excluding hydrogens is 216 g/mol. The van der Waals surface area contributed by atoms with Gasteiger partial charge in [-0.1, -0.05) is 27.2 Å². The largest absolute Gasteiger partial charge is 0.382 e. The van der Waals surface area contributed by atoms with Crippen LogP contribution in [0.25, 0.3) is 0 Å². The zero-order valence-corrected chi connectivity index (χ0v) is 11.6. The Morgan fingerprint density at radius 1 is 1.35 bits per heavy atom. The van der Waals surface area contributed by atoms with Crippen molar-refractivity contribution in [1.82, 2.24) is 0 Å². The number of hydrogen-bond acceptors (Lipinski definition) is 3. The van der Waals surface area contributed by atoms with Gasteiger partial charge in [0.1, 0.15) is 6.10 Å². The summed E-state index contributed by atoms with van der Waals surface area (Å²) in [6.45, 7) is 8.18. The van der Waals surface area contributed by atoms with E-state index in [2.05, 4.69) is 20.8 Å². The van der Waals surface area contributed by atoms with Crippen LogP contribution in [0.5, 0.6) is 0 Å². The van der Waals surface area contributed by atoms with Crippen LogP contribution in [0.2, 0.25) is 0 Å². The van der Waals surface area contributed by atoms with E-state index >= 15 is 0 Å². The second kappa shape index (κ2) is 5.25. The number of methoxy groups -OCH3 is 1. The quantitative estimate of drug-likeness (QED) is 0.761. The minimum Gasteiger partial charge on any atom is -0.382 e. The van der Waals surface area contributed by atoms with E-state index in [9.17, 15) is 0 Å². The molecule has 1 aliphatic heterocycles. The molecule has 2 aliphatic rings. The summed E-state index contributed by atoms with van der Waals surface area (Å²) in [5.74, 6) is 1.52. The zero-order valence-electron chi connectivity index (χ0n) is 11.6. The Morgan fingerprint density at radius 2 is 2.12 bits per heavy atom. The molecule has 1 spiro atoms. The molecule has 3 heteroatoms. The number of hydrogen-bond donors (Lipinski definition) is 0. The molecule has 2 fully saturated rings. The molecular formula is C14H26O3. The second-order valence-electron chi connectivity index (χ2n) is 6.06. The number of ether oxygens (including phenoxy) is 3. The van der Waals surface area contributed by atoms with E-state index < -0.39 is 0 Å². The molecule has 100 valence electrons. The van der Waals surface area contributed by atoms with E-state index in [0.717, 1.165) is 6.42 Å². The summed E-state index contributed by atoms with van der Waals surface area (Å²) in [7, 11) is 1.72. The van der Waals surface area contributed by atoms with Gasteiger partial charge in [0.15, 0.2) is 5.79 Å². The lowest BCUT2D eigenvalue weighted by molar-refractivity contribution is -0.240. The van der Waals surface area contributed by atoms with Crippen molar-refractivity contribution in [2.45, 2.75) is 51.9 Å². The first kappa shape index (κ1) is 13.3. The fraction of sp³-hybridized carbons (Fsp3) is 1.00. The van der Waals surface area contributed by atoms with Crippen LogP contribution >= 0.6 is 0 Å². The summed E-state index contributed by atoms with van der Waals surface area (Å²) in [4.78, 5) is 0.